The molecule has 7 nitrogen and oxygen atoms in total. The molecule has 0 unspecified atom stereocenters. The van der Waals surface area contributed by atoms with E-state index >= 15 is 0 Å². The number of sulfonamides is 1. The predicted octanol–water partition coefficient (Wildman–Crippen LogP) is 1.91. The molecule has 0 saturated carbocycles. The number of carbonyl (C=O) groups is 2. The van der Waals surface area contributed by atoms with E-state index in [1.165, 1.54) is 10.4 Å². The third-order valence-corrected chi connectivity index (χ3v) is 7.51. The zero-order valence-corrected chi connectivity index (χ0v) is 17.3. The van der Waals surface area contributed by atoms with Crippen molar-refractivity contribution in [2.45, 2.75) is 50.3 Å². The van der Waals surface area contributed by atoms with E-state index in [1.54, 1.807) is 19.1 Å². The Morgan fingerprint density at radius 3 is 2.32 bits per heavy atom. The van der Waals surface area contributed by atoms with Crippen LogP contribution in [0.1, 0.15) is 54.4 Å². The number of hydrogen-bond donors (Lipinski definition) is 1. The second-order valence-corrected chi connectivity index (χ2v) is 9.45. The quantitative estimate of drug-likeness (QED) is 0.780. The van der Waals surface area contributed by atoms with Gasteiger partial charge in [0.1, 0.15) is 0 Å². The summed E-state index contributed by atoms with van der Waals surface area (Å²) >= 11 is 0. The highest BCUT2D eigenvalue weighted by atomic mass is 32.2. The average molecular weight is 408 g/mol. The highest BCUT2D eigenvalue weighted by Gasteiger charge is 2.28. The van der Waals surface area contributed by atoms with Crippen LogP contribution in [0.4, 0.5) is 0 Å². The highest BCUT2D eigenvalue weighted by molar-refractivity contribution is 7.89. The first-order valence-electron chi connectivity index (χ1n) is 10.1. The lowest BCUT2D eigenvalue weighted by atomic mass is 10.1. The van der Waals surface area contributed by atoms with Crippen molar-refractivity contribution in [3.63, 3.8) is 0 Å². The Bertz CT molecular complexity index is 826. The van der Waals surface area contributed by atoms with Crippen LogP contribution in [0.15, 0.2) is 23.1 Å². The van der Waals surface area contributed by atoms with Gasteiger partial charge < -0.3 is 10.2 Å². The molecule has 0 aromatic heterocycles. The topological polar surface area (TPSA) is 86.8 Å². The first-order valence-corrected chi connectivity index (χ1v) is 11.5. The second kappa shape index (κ2) is 9.05. The summed E-state index contributed by atoms with van der Waals surface area (Å²) in [6.07, 6.45) is 5.11. The molecule has 2 heterocycles. The summed E-state index contributed by atoms with van der Waals surface area (Å²) in [6, 6.07) is 4.75. The number of carbonyl (C=O) groups excluding carboxylic acids is 2. The number of nitrogens with one attached hydrogen (secondary N) is 1. The van der Waals surface area contributed by atoms with E-state index in [0.717, 1.165) is 45.2 Å². The Morgan fingerprint density at radius 1 is 1.00 bits per heavy atom. The average Bonchev–Trinajstić information content (AvgIpc) is 3.23. The molecule has 0 radical (unpaired) electrons. The second-order valence-electron chi connectivity index (χ2n) is 7.54. The summed E-state index contributed by atoms with van der Waals surface area (Å²) in [6.45, 7) is 4.63. The minimum absolute atomic E-state index is 0.0510. The van der Waals surface area contributed by atoms with Gasteiger partial charge in [0.05, 0.1) is 4.90 Å². The van der Waals surface area contributed by atoms with Crippen molar-refractivity contribution >= 4 is 21.8 Å². The van der Waals surface area contributed by atoms with Crippen molar-refractivity contribution in [3.8, 4) is 0 Å². The monoisotopic (exact) mass is 407 g/mol. The van der Waals surface area contributed by atoms with Gasteiger partial charge in [-0.2, -0.15) is 4.31 Å². The summed E-state index contributed by atoms with van der Waals surface area (Å²) in [4.78, 5) is 26.5. The van der Waals surface area contributed by atoms with Crippen molar-refractivity contribution in [2.75, 3.05) is 32.7 Å². The van der Waals surface area contributed by atoms with Crippen LogP contribution in [0.25, 0.3) is 0 Å². The van der Waals surface area contributed by atoms with E-state index in [-0.39, 0.29) is 29.7 Å². The van der Waals surface area contributed by atoms with Gasteiger partial charge >= 0.3 is 0 Å². The lowest BCUT2D eigenvalue weighted by Crippen LogP contribution is -2.36. The maximum absolute atomic E-state index is 13.0. The molecule has 0 aliphatic carbocycles. The van der Waals surface area contributed by atoms with Gasteiger partial charge in [0, 0.05) is 44.7 Å². The number of hydrogen-bond acceptors (Lipinski definition) is 4. The molecule has 2 aliphatic heterocycles. The van der Waals surface area contributed by atoms with E-state index in [1.807, 2.05) is 4.90 Å². The van der Waals surface area contributed by atoms with Crippen LogP contribution in [0.3, 0.4) is 0 Å². The zero-order valence-electron chi connectivity index (χ0n) is 16.4. The van der Waals surface area contributed by atoms with E-state index in [4.69, 9.17) is 0 Å². The molecule has 2 aliphatic rings. The number of rotatable bonds is 6. The fourth-order valence-electron chi connectivity index (χ4n) is 3.77. The number of nitrogens with zero attached hydrogens (tertiary/aromatic N) is 2. The lowest BCUT2D eigenvalue weighted by Gasteiger charge is -2.26. The molecule has 0 atom stereocenters. The zero-order chi connectivity index (χ0) is 20.1. The smallest absolute Gasteiger partial charge is 0.251 e. The summed E-state index contributed by atoms with van der Waals surface area (Å²) in [5, 5.41) is 2.74. The summed E-state index contributed by atoms with van der Waals surface area (Å²) in [5.74, 6) is -0.306. The minimum atomic E-state index is -3.60. The van der Waals surface area contributed by atoms with Crippen molar-refractivity contribution in [2.24, 2.45) is 0 Å². The highest BCUT2D eigenvalue weighted by Crippen LogP contribution is 2.24. The number of likely N-dealkylation sites (tertiary alicyclic amines) is 1. The molecule has 2 saturated heterocycles. The van der Waals surface area contributed by atoms with Crippen LogP contribution in [0, 0.1) is 6.92 Å². The van der Waals surface area contributed by atoms with Crippen LogP contribution in [0.5, 0.6) is 0 Å². The van der Waals surface area contributed by atoms with E-state index in [2.05, 4.69) is 5.32 Å². The fraction of sp³-hybridized carbons (Fsp3) is 0.600. The maximum Gasteiger partial charge on any atom is 0.251 e. The lowest BCUT2D eigenvalue weighted by molar-refractivity contribution is -0.129. The molecule has 3 rings (SSSR count). The third-order valence-electron chi connectivity index (χ3n) is 5.47. The first-order chi connectivity index (χ1) is 13.4. The van der Waals surface area contributed by atoms with Crippen LogP contribution >= 0.6 is 0 Å². The Morgan fingerprint density at radius 2 is 1.64 bits per heavy atom. The molecule has 2 amide bonds. The number of piperidine rings is 1. The molecule has 1 aromatic rings. The largest absolute Gasteiger partial charge is 0.352 e. The molecule has 154 valence electrons. The minimum Gasteiger partial charge on any atom is -0.352 e. The van der Waals surface area contributed by atoms with Gasteiger partial charge in [-0.25, -0.2) is 8.42 Å². The van der Waals surface area contributed by atoms with Crippen LogP contribution in [-0.2, 0) is 14.8 Å². The SMILES string of the molecule is Cc1ccc(C(=O)NCCC(=O)N2CCCC2)cc1S(=O)(=O)N1CCCCC1. The van der Waals surface area contributed by atoms with Gasteiger partial charge in [0.25, 0.3) is 5.91 Å². The Balaban J connectivity index is 1.64. The van der Waals surface area contributed by atoms with Crippen molar-refractivity contribution in [1.29, 1.82) is 0 Å². The van der Waals surface area contributed by atoms with Crippen molar-refractivity contribution < 1.29 is 18.0 Å². The molecule has 2 fully saturated rings. The normalized spacial score (nSPS) is 18.2. The van der Waals surface area contributed by atoms with E-state index in [9.17, 15) is 18.0 Å². The molecule has 28 heavy (non-hydrogen) atoms. The fourth-order valence-corrected chi connectivity index (χ4v) is 5.54. The van der Waals surface area contributed by atoms with Gasteiger partial charge in [-0.15, -0.1) is 0 Å². The molecule has 8 heteroatoms. The molecular weight excluding hydrogens is 378 g/mol. The van der Waals surface area contributed by atoms with Crippen molar-refractivity contribution in [3.05, 3.63) is 29.3 Å². The molecule has 1 aromatic carbocycles. The predicted molar refractivity (Wildman–Crippen MR) is 107 cm³/mol. The van der Waals surface area contributed by atoms with Gasteiger partial charge in [-0.1, -0.05) is 12.5 Å². The number of benzene rings is 1. The Labute approximate surface area is 167 Å². The van der Waals surface area contributed by atoms with Gasteiger partial charge in [0.15, 0.2) is 0 Å². The standard InChI is InChI=1S/C20H29N3O4S/c1-16-7-8-17(15-18(16)28(26,27)23-13-3-2-4-14-23)20(25)21-10-9-19(24)22-11-5-6-12-22/h7-8,15H,2-6,9-14H2,1H3,(H,21,25). The molecule has 1 N–H and O–H groups in total. The van der Waals surface area contributed by atoms with Gasteiger partial charge in [-0.05, 0) is 50.3 Å². The first kappa shape index (κ1) is 20.8. The van der Waals surface area contributed by atoms with Crippen LogP contribution < -0.4 is 5.32 Å². The van der Waals surface area contributed by atoms with Gasteiger partial charge in [-0.3, -0.25) is 9.59 Å². The number of aryl methyl sites for hydroxylation is 1. The Hall–Kier alpha value is -1.93. The molecular formula is C20H29N3O4S. The molecule has 0 spiro atoms. The van der Waals surface area contributed by atoms with Crippen LogP contribution in [0.2, 0.25) is 0 Å². The molecule has 0 bridgehead atoms. The van der Waals surface area contributed by atoms with Crippen molar-refractivity contribution in [1.82, 2.24) is 14.5 Å². The summed E-state index contributed by atoms with van der Waals surface area (Å²) < 4.78 is 27.5. The summed E-state index contributed by atoms with van der Waals surface area (Å²) in [7, 11) is -3.60. The third kappa shape index (κ3) is 4.72. The van der Waals surface area contributed by atoms with E-state index < -0.39 is 10.0 Å². The van der Waals surface area contributed by atoms with Crippen LogP contribution in [-0.4, -0.2) is 62.2 Å². The Kier molecular flexibility index (Phi) is 6.72. The van der Waals surface area contributed by atoms with Gasteiger partial charge in [0.2, 0.25) is 15.9 Å². The number of amides is 2. The maximum atomic E-state index is 13.0. The summed E-state index contributed by atoms with van der Waals surface area (Å²) in [5.41, 5.74) is 0.932. The van der Waals surface area contributed by atoms with E-state index in [0.29, 0.717) is 24.2 Å².